The molecular weight excluding hydrogens is 662 g/mol. The maximum Gasteiger partial charge on any atom is 0.322 e. The van der Waals surface area contributed by atoms with Gasteiger partial charge >= 0.3 is 5.97 Å². The van der Waals surface area contributed by atoms with E-state index in [0.717, 1.165) is 18.4 Å². The van der Waals surface area contributed by atoms with Crippen LogP contribution in [0.4, 0.5) is 0 Å². The first-order valence-electron chi connectivity index (χ1n) is 14.8. The summed E-state index contributed by atoms with van der Waals surface area (Å²) in [5, 5.41) is 17.6. The summed E-state index contributed by atoms with van der Waals surface area (Å²) in [5.74, 6) is -2.51. The molecule has 0 fully saturated rings. The standard InChI is InChI=1S/C33H38BrN3O7S/c1-3-5-16-33(4-2)21-45(42,43)27-18-26(25(34)17-24(27)30(37-33)22-12-8-6-9-13-22)44-20-28(38)36-31(23-14-10-7-11-15-23)32(41)35-19-29(39)40/h6-15,17-18,30-31,37H,3-5,16,19-21H2,1-2H3,(H,35,41)(H,36,38)(H,39,40). The summed E-state index contributed by atoms with van der Waals surface area (Å²) in [6.07, 6.45) is 3.13. The molecule has 0 saturated heterocycles. The summed E-state index contributed by atoms with van der Waals surface area (Å²) in [6.45, 7) is 2.95. The van der Waals surface area contributed by atoms with Crippen LogP contribution in [0, 0.1) is 0 Å². The Hall–Kier alpha value is -3.74. The predicted octanol–water partition coefficient (Wildman–Crippen LogP) is 4.69. The molecule has 0 aliphatic carbocycles. The number of hydrogen-bond donors (Lipinski definition) is 4. The number of carboxylic acid groups (broad SMARTS) is 1. The van der Waals surface area contributed by atoms with Crippen molar-refractivity contribution in [1.82, 2.24) is 16.0 Å². The Morgan fingerprint density at radius 2 is 1.73 bits per heavy atom. The lowest BCUT2D eigenvalue weighted by atomic mass is 9.88. The number of unbranched alkanes of at least 4 members (excludes halogenated alkanes) is 1. The Balaban J connectivity index is 1.63. The highest BCUT2D eigenvalue weighted by Crippen LogP contribution is 2.42. The van der Waals surface area contributed by atoms with E-state index in [0.29, 0.717) is 28.4 Å². The van der Waals surface area contributed by atoms with Gasteiger partial charge in [-0.3, -0.25) is 19.7 Å². The number of nitrogens with one attached hydrogen (secondary N) is 3. The average molecular weight is 701 g/mol. The van der Waals surface area contributed by atoms with E-state index in [2.05, 4.69) is 38.8 Å². The second-order valence-corrected chi connectivity index (χ2v) is 13.9. The Kier molecular flexibility index (Phi) is 11.4. The monoisotopic (exact) mass is 699 g/mol. The first kappa shape index (κ1) is 34.1. The summed E-state index contributed by atoms with van der Waals surface area (Å²) in [6, 6.07) is 19.7. The van der Waals surface area contributed by atoms with Crippen molar-refractivity contribution in [2.75, 3.05) is 18.9 Å². The van der Waals surface area contributed by atoms with Gasteiger partial charge in [0.15, 0.2) is 16.4 Å². The SMILES string of the molecule is CCCCC1(CC)CS(=O)(=O)c2cc(OCC(=O)NC(C(=O)NCC(=O)O)c3ccccc3)c(Br)cc2C(c2ccccc2)N1. The van der Waals surface area contributed by atoms with Crippen LogP contribution in [-0.4, -0.2) is 55.8 Å². The van der Waals surface area contributed by atoms with Gasteiger partial charge in [-0.15, -0.1) is 0 Å². The van der Waals surface area contributed by atoms with Crippen LogP contribution in [0.25, 0.3) is 0 Å². The summed E-state index contributed by atoms with van der Waals surface area (Å²) in [4.78, 5) is 36.9. The van der Waals surface area contributed by atoms with Crippen molar-refractivity contribution in [1.29, 1.82) is 0 Å². The van der Waals surface area contributed by atoms with E-state index >= 15 is 0 Å². The minimum atomic E-state index is -3.79. The highest BCUT2D eigenvalue weighted by Gasteiger charge is 2.42. The first-order valence-corrected chi connectivity index (χ1v) is 17.3. The van der Waals surface area contributed by atoms with E-state index in [4.69, 9.17) is 9.84 Å². The number of ether oxygens (including phenoxy) is 1. The number of halogens is 1. The number of hydrogen-bond acceptors (Lipinski definition) is 7. The molecule has 4 N–H and O–H groups in total. The fraction of sp³-hybridized carbons (Fsp3) is 0.364. The molecule has 0 radical (unpaired) electrons. The van der Waals surface area contributed by atoms with Crippen molar-refractivity contribution < 1.29 is 32.6 Å². The molecule has 0 saturated carbocycles. The number of carbonyl (C=O) groups is 3. The number of sulfone groups is 1. The topological polar surface area (TPSA) is 151 Å². The number of aliphatic carboxylic acids is 1. The Morgan fingerprint density at radius 3 is 2.36 bits per heavy atom. The Labute approximate surface area is 272 Å². The molecular formula is C33H38BrN3O7S. The van der Waals surface area contributed by atoms with Gasteiger partial charge in [0, 0.05) is 11.6 Å². The quantitative estimate of drug-likeness (QED) is 0.201. The zero-order valence-electron chi connectivity index (χ0n) is 25.2. The van der Waals surface area contributed by atoms with Crippen molar-refractivity contribution in [2.24, 2.45) is 0 Å². The lowest BCUT2D eigenvalue weighted by Crippen LogP contribution is -2.50. The molecule has 12 heteroatoms. The average Bonchev–Trinajstić information content (AvgIpc) is 3.12. The third kappa shape index (κ3) is 8.50. The van der Waals surface area contributed by atoms with E-state index in [1.54, 1.807) is 36.4 Å². The van der Waals surface area contributed by atoms with Gasteiger partial charge in [0.05, 0.1) is 21.2 Å². The number of rotatable bonds is 13. The maximum absolute atomic E-state index is 14.0. The van der Waals surface area contributed by atoms with Gasteiger partial charge < -0.3 is 20.5 Å². The molecule has 3 aromatic carbocycles. The minimum Gasteiger partial charge on any atom is -0.483 e. The molecule has 240 valence electrons. The van der Waals surface area contributed by atoms with Crippen molar-refractivity contribution in [3.8, 4) is 5.75 Å². The van der Waals surface area contributed by atoms with Gasteiger partial charge in [0.25, 0.3) is 5.91 Å². The maximum atomic E-state index is 14.0. The summed E-state index contributed by atoms with van der Waals surface area (Å²) < 4.78 is 34.3. The molecule has 3 unspecified atom stereocenters. The van der Waals surface area contributed by atoms with Crippen molar-refractivity contribution in [3.63, 3.8) is 0 Å². The van der Waals surface area contributed by atoms with Crippen LogP contribution >= 0.6 is 15.9 Å². The van der Waals surface area contributed by atoms with E-state index in [1.807, 2.05) is 37.3 Å². The Bertz CT molecular complexity index is 1620. The third-order valence-corrected chi connectivity index (χ3v) is 10.5. The molecule has 45 heavy (non-hydrogen) atoms. The summed E-state index contributed by atoms with van der Waals surface area (Å²) >= 11 is 3.52. The fourth-order valence-electron chi connectivity index (χ4n) is 5.53. The highest BCUT2D eigenvalue weighted by atomic mass is 79.9. The van der Waals surface area contributed by atoms with E-state index in [9.17, 15) is 22.8 Å². The number of carbonyl (C=O) groups excluding carboxylic acids is 2. The van der Waals surface area contributed by atoms with Crippen LogP contribution in [0.1, 0.15) is 68.3 Å². The molecule has 10 nitrogen and oxygen atoms in total. The largest absolute Gasteiger partial charge is 0.483 e. The molecule has 3 aromatic rings. The van der Waals surface area contributed by atoms with Crippen molar-refractivity contribution >= 4 is 43.6 Å². The van der Waals surface area contributed by atoms with Crippen LogP contribution in [0.15, 0.2) is 82.2 Å². The minimum absolute atomic E-state index is 0.0847. The van der Waals surface area contributed by atoms with Gasteiger partial charge in [-0.1, -0.05) is 87.4 Å². The molecule has 1 heterocycles. The lowest BCUT2D eigenvalue weighted by molar-refractivity contribution is -0.138. The second kappa shape index (κ2) is 15.0. The van der Waals surface area contributed by atoms with E-state index < -0.39 is 58.4 Å². The molecule has 0 bridgehead atoms. The van der Waals surface area contributed by atoms with E-state index in [1.165, 1.54) is 6.07 Å². The zero-order valence-corrected chi connectivity index (χ0v) is 27.6. The number of carboxylic acids is 1. The van der Waals surface area contributed by atoms with E-state index in [-0.39, 0.29) is 16.4 Å². The van der Waals surface area contributed by atoms with Crippen molar-refractivity contribution in [2.45, 2.75) is 62.0 Å². The van der Waals surface area contributed by atoms with Gasteiger partial charge in [-0.25, -0.2) is 8.42 Å². The molecule has 0 spiro atoms. The van der Waals surface area contributed by atoms with Crippen LogP contribution in [0.5, 0.6) is 5.75 Å². The fourth-order valence-corrected chi connectivity index (χ4v) is 8.14. The summed E-state index contributed by atoms with van der Waals surface area (Å²) in [5.41, 5.74) is 1.32. The number of amides is 2. The molecule has 2 amide bonds. The smallest absolute Gasteiger partial charge is 0.322 e. The Morgan fingerprint density at radius 1 is 1.07 bits per heavy atom. The number of fused-ring (bicyclic) bond motifs is 1. The molecule has 4 rings (SSSR count). The highest BCUT2D eigenvalue weighted by molar-refractivity contribution is 9.10. The third-order valence-electron chi connectivity index (χ3n) is 7.92. The molecule has 1 aliphatic heterocycles. The van der Waals surface area contributed by atoms with Crippen LogP contribution in [0.3, 0.4) is 0 Å². The number of benzene rings is 3. The van der Waals surface area contributed by atoms with Gasteiger partial charge in [-0.2, -0.15) is 0 Å². The van der Waals surface area contributed by atoms with Crippen LogP contribution in [0.2, 0.25) is 0 Å². The first-order chi connectivity index (χ1) is 21.5. The zero-order chi connectivity index (χ0) is 32.6. The van der Waals surface area contributed by atoms with Crippen LogP contribution < -0.4 is 20.7 Å². The second-order valence-electron chi connectivity index (χ2n) is 11.1. The molecule has 1 aliphatic rings. The van der Waals surface area contributed by atoms with Gasteiger partial charge in [-0.05, 0) is 51.5 Å². The van der Waals surface area contributed by atoms with Gasteiger partial charge in [0.2, 0.25) is 5.91 Å². The normalized spacial score (nSPS) is 19.4. The van der Waals surface area contributed by atoms with Gasteiger partial charge in [0.1, 0.15) is 18.3 Å². The van der Waals surface area contributed by atoms with Crippen molar-refractivity contribution in [3.05, 3.63) is 94.0 Å². The molecule has 0 aromatic heterocycles. The molecule has 3 atom stereocenters. The summed E-state index contributed by atoms with van der Waals surface area (Å²) in [7, 11) is -3.79. The lowest BCUT2D eigenvalue weighted by Gasteiger charge is -2.36. The van der Waals surface area contributed by atoms with Crippen LogP contribution in [-0.2, 0) is 24.2 Å². The predicted molar refractivity (Wildman–Crippen MR) is 174 cm³/mol.